The van der Waals surface area contributed by atoms with Crippen LogP contribution in [0.2, 0.25) is 0 Å². The minimum atomic E-state index is -2.24. The average Bonchev–Trinajstić information content (AvgIpc) is 4.37. The maximum Gasteiger partial charge on any atom is 0.246 e. The molecule has 0 fully saturated rings. The number of amides is 2. The van der Waals surface area contributed by atoms with Crippen molar-refractivity contribution in [3.63, 3.8) is 0 Å². The van der Waals surface area contributed by atoms with Gasteiger partial charge in [-0.05, 0) is 163 Å². The molecule has 0 radical (unpaired) electrons. The fourth-order valence-electron chi connectivity index (χ4n) is 8.34. The molecule has 9 aromatic rings. The van der Waals surface area contributed by atoms with Crippen LogP contribution in [-0.2, 0) is 69.3 Å². The van der Waals surface area contributed by atoms with Gasteiger partial charge in [0.1, 0.15) is 24.8 Å². The molecule has 9 rings (SSSR count). The van der Waals surface area contributed by atoms with E-state index in [0.717, 1.165) is 124 Å². The number of anilines is 2. The molecule has 0 aliphatic rings. The number of hydrogen-bond acceptors (Lipinski definition) is 16. The molecule has 0 aliphatic carbocycles. The summed E-state index contributed by atoms with van der Waals surface area (Å²) in [5.41, 5.74) is 13.7. The molecule has 16 nitrogen and oxygen atoms in total. The van der Waals surface area contributed by atoms with Crippen LogP contribution in [-0.4, -0.2) is 81.0 Å². The van der Waals surface area contributed by atoms with E-state index in [1.807, 2.05) is 42.7 Å². The van der Waals surface area contributed by atoms with Crippen LogP contribution in [0.4, 0.5) is 20.2 Å². The first-order valence-corrected chi connectivity index (χ1v) is 29.7. The second-order valence-corrected chi connectivity index (χ2v) is 22.2. The van der Waals surface area contributed by atoms with E-state index >= 15 is 0 Å². The zero-order chi connectivity index (χ0) is 58.6. The van der Waals surface area contributed by atoms with Gasteiger partial charge < -0.3 is 44.8 Å². The number of fused-ring (bicyclic) bond motifs is 2. The molecule has 4 heterocycles. The topological polar surface area (TPSA) is 216 Å². The quantitative estimate of drug-likeness (QED) is 0.0236. The minimum absolute atomic E-state index is 0.00616. The molecule has 0 spiro atoms. The Kier molecular flexibility index (Phi) is 25.7. The van der Waals surface area contributed by atoms with Gasteiger partial charge in [0.2, 0.25) is 11.8 Å². The molecule has 5 aromatic carbocycles. The third kappa shape index (κ3) is 21.8. The minimum Gasteiger partial charge on any atom is -0.768 e. The average molecular weight is 1190 g/mol. The Morgan fingerprint density at radius 2 is 1.11 bits per heavy atom. The number of aryl methyl sites for hydroxylation is 2. The summed E-state index contributed by atoms with van der Waals surface area (Å²) in [4.78, 5) is 44.3. The standard InChI is InChI=1S/C33H34FN5O2S.C21H24FN3O2S.C8H10O4S/c34-28-11-9-25(10-12-28)23-41-24-32(40)37-17-3-1-2-8-33-38-30-14-13-29(18-31(30)42-33)39(21-26-6-4-15-35-19-26)22-27-7-5-16-36-20-27;22-16-7-5-15(6-8-16)13-27-14-20(26)24-11-3-1-2-4-21-25-18-10-9-17(23)12-19(18)28-21;1-11-7-4-3-6(13(9)10)5-8(7)12-2/h4-7,9-16,18-20H,1-3,8,17,21-24H2,(H,37,40);5-10,12H,1-4,11,13-14,23H2,(H,24,26);3-5H,1-2H3,(H,9,10)/p-1. The van der Waals surface area contributed by atoms with Crippen molar-refractivity contribution < 1.29 is 46.1 Å². The van der Waals surface area contributed by atoms with Crippen LogP contribution in [0.15, 0.2) is 157 Å². The molecule has 21 heteroatoms. The van der Waals surface area contributed by atoms with Crippen molar-refractivity contribution in [2.45, 2.75) is 82.6 Å². The summed E-state index contributed by atoms with van der Waals surface area (Å²) in [5.74, 6) is 0.0757. The number of pyridine rings is 2. The molecule has 1 unspecified atom stereocenters. The lowest BCUT2D eigenvalue weighted by Crippen LogP contribution is -2.28. The van der Waals surface area contributed by atoms with Gasteiger partial charge in [0.15, 0.2) is 11.5 Å². The maximum atomic E-state index is 13.0. The molecule has 0 saturated carbocycles. The lowest BCUT2D eigenvalue weighted by atomic mass is 10.2. The van der Waals surface area contributed by atoms with Gasteiger partial charge in [-0.25, -0.2) is 18.7 Å². The van der Waals surface area contributed by atoms with Gasteiger partial charge in [0.05, 0.1) is 57.9 Å². The van der Waals surface area contributed by atoms with Gasteiger partial charge in [0.25, 0.3) is 0 Å². The van der Waals surface area contributed by atoms with Crippen LogP contribution in [0.5, 0.6) is 11.5 Å². The van der Waals surface area contributed by atoms with Gasteiger partial charge in [0, 0.05) is 67.2 Å². The van der Waals surface area contributed by atoms with E-state index in [4.69, 9.17) is 29.7 Å². The first-order valence-electron chi connectivity index (χ1n) is 27.0. The van der Waals surface area contributed by atoms with Crippen molar-refractivity contribution in [2.24, 2.45) is 0 Å². The normalized spacial score (nSPS) is 11.2. The van der Waals surface area contributed by atoms with Crippen LogP contribution in [0.1, 0.15) is 70.8 Å². The van der Waals surface area contributed by atoms with Crippen LogP contribution in [0, 0.1) is 11.6 Å². The number of hydrogen-bond donors (Lipinski definition) is 3. The number of carbonyl (C=O) groups is 2. The van der Waals surface area contributed by atoms with E-state index < -0.39 is 11.1 Å². The number of methoxy groups -OCH3 is 2. The highest BCUT2D eigenvalue weighted by molar-refractivity contribution is 7.79. The molecule has 2 amide bonds. The molecule has 0 saturated heterocycles. The van der Waals surface area contributed by atoms with Crippen molar-refractivity contribution in [2.75, 3.05) is 51.2 Å². The zero-order valence-electron chi connectivity index (χ0n) is 46.3. The number of unbranched alkanes of at least 4 members (excludes halogenated alkanes) is 4. The number of thiazole rings is 2. The van der Waals surface area contributed by atoms with Gasteiger partial charge in [-0.2, -0.15) is 0 Å². The molecule has 4 aromatic heterocycles. The monoisotopic (exact) mass is 1190 g/mol. The summed E-state index contributed by atoms with van der Waals surface area (Å²) >= 11 is 1.20. The fourth-order valence-corrected chi connectivity index (χ4v) is 10.8. The molecule has 4 N–H and O–H groups in total. The molecule has 83 heavy (non-hydrogen) atoms. The number of nitrogens with one attached hydrogen (secondary N) is 2. The Bertz CT molecular complexity index is 3390. The number of nitrogens with zero attached hydrogens (tertiary/aromatic N) is 5. The van der Waals surface area contributed by atoms with E-state index in [-0.39, 0.29) is 48.2 Å². The summed E-state index contributed by atoms with van der Waals surface area (Å²) < 4.78 is 69.9. The highest BCUT2D eigenvalue weighted by atomic mass is 32.2. The molecule has 436 valence electrons. The second kappa shape index (κ2) is 34.0. The molecular weight excluding hydrogens is 1120 g/mol. The molecular formula is C62H67F2N8O8S3-. The van der Waals surface area contributed by atoms with Crippen LogP contribution >= 0.6 is 22.7 Å². The third-order valence-corrected chi connectivity index (χ3v) is 15.4. The molecule has 1 atom stereocenters. The lowest BCUT2D eigenvalue weighted by Gasteiger charge is -2.25. The molecule has 0 bridgehead atoms. The van der Waals surface area contributed by atoms with E-state index in [1.54, 1.807) is 65.4 Å². The van der Waals surface area contributed by atoms with Crippen molar-refractivity contribution in [1.82, 2.24) is 30.6 Å². The second-order valence-electron chi connectivity index (χ2n) is 19.0. The fraction of sp³-hybridized carbons (Fsp3) is 0.290. The van der Waals surface area contributed by atoms with Crippen LogP contribution in [0.3, 0.4) is 0 Å². The third-order valence-electron chi connectivity index (χ3n) is 12.6. The van der Waals surface area contributed by atoms with Crippen molar-refractivity contribution in [3.8, 4) is 11.5 Å². The number of halogens is 2. The Balaban J connectivity index is 0.000000206. The van der Waals surface area contributed by atoms with Gasteiger partial charge >= 0.3 is 0 Å². The van der Waals surface area contributed by atoms with E-state index in [9.17, 15) is 27.1 Å². The predicted molar refractivity (Wildman–Crippen MR) is 322 cm³/mol. The summed E-state index contributed by atoms with van der Waals surface area (Å²) in [7, 11) is 2.95. The number of carbonyl (C=O) groups excluding carboxylic acids is 2. The smallest absolute Gasteiger partial charge is 0.246 e. The van der Waals surface area contributed by atoms with Crippen molar-refractivity contribution in [3.05, 3.63) is 196 Å². The molecule has 0 aliphatic heterocycles. The van der Waals surface area contributed by atoms with Crippen LogP contribution in [0.25, 0.3) is 20.4 Å². The number of benzene rings is 5. The van der Waals surface area contributed by atoms with E-state index in [1.165, 1.54) is 55.3 Å². The van der Waals surface area contributed by atoms with Crippen molar-refractivity contribution >= 4 is 77.4 Å². The zero-order valence-corrected chi connectivity index (χ0v) is 48.8. The summed E-state index contributed by atoms with van der Waals surface area (Å²) in [5, 5.41) is 8.01. The Hall–Kier alpha value is -7.79. The number of rotatable bonds is 28. The van der Waals surface area contributed by atoms with Crippen molar-refractivity contribution in [1.29, 1.82) is 0 Å². The Morgan fingerprint density at radius 3 is 1.59 bits per heavy atom. The van der Waals surface area contributed by atoms with Gasteiger partial charge in [-0.3, -0.25) is 23.8 Å². The first kappa shape index (κ1) is 62.8. The maximum absolute atomic E-state index is 13.0. The summed E-state index contributed by atoms with van der Waals surface area (Å²) in [6.45, 7) is 3.32. The largest absolute Gasteiger partial charge is 0.768 e. The SMILES string of the molecule is COc1ccc(S(=O)[O-])cc1OC.Nc1ccc2nc(CCCCCNC(=O)COCc3ccc(F)cc3)sc2c1.O=C(COCc1ccc(F)cc1)NCCCCCc1nc2ccc(N(Cc3cccnc3)Cc3cccnc3)cc2s1. The number of nitrogens with two attached hydrogens (primary N) is 1. The lowest BCUT2D eigenvalue weighted by molar-refractivity contribution is -0.126. The highest BCUT2D eigenvalue weighted by Crippen LogP contribution is 2.31. The highest BCUT2D eigenvalue weighted by Gasteiger charge is 2.13. The summed E-state index contributed by atoms with van der Waals surface area (Å²) in [6.07, 6.45) is 15.2. The van der Waals surface area contributed by atoms with Crippen LogP contribution < -0.4 is 30.7 Å². The predicted octanol–water partition coefficient (Wildman–Crippen LogP) is 11.5. The van der Waals surface area contributed by atoms with E-state index in [0.29, 0.717) is 31.2 Å². The first-order chi connectivity index (χ1) is 40.4. The summed E-state index contributed by atoms with van der Waals surface area (Å²) in [6, 6.07) is 36.9. The number of aromatic nitrogens is 4. The van der Waals surface area contributed by atoms with E-state index in [2.05, 4.69) is 60.8 Å². The number of nitrogen functional groups attached to an aromatic ring is 1. The Labute approximate surface area is 492 Å². The van der Waals surface area contributed by atoms with Gasteiger partial charge in [-0.15, -0.1) is 22.7 Å². The number of ether oxygens (including phenoxy) is 4. The van der Waals surface area contributed by atoms with Gasteiger partial charge in [-0.1, -0.05) is 49.2 Å². The Morgan fingerprint density at radius 1 is 0.602 bits per heavy atom.